The highest BCUT2D eigenvalue weighted by molar-refractivity contribution is 5.43. The van der Waals surface area contributed by atoms with E-state index in [0.29, 0.717) is 17.7 Å². The second-order valence-electron chi connectivity index (χ2n) is 6.90. The maximum atomic E-state index is 9.85. The second kappa shape index (κ2) is 6.23. The van der Waals surface area contributed by atoms with E-state index in [1.807, 2.05) is 12.1 Å². The topological polar surface area (TPSA) is 32.3 Å². The molecule has 0 heterocycles. The van der Waals surface area contributed by atoms with E-state index in [4.69, 9.17) is 0 Å². The molecule has 0 saturated heterocycles. The van der Waals surface area contributed by atoms with Crippen LogP contribution in [0.5, 0.6) is 5.75 Å². The Bertz CT molecular complexity index is 530. The van der Waals surface area contributed by atoms with Crippen LogP contribution in [0.2, 0.25) is 0 Å². The smallest absolute Gasteiger partial charge is 0.115 e. The molecule has 21 heavy (non-hydrogen) atoms. The lowest BCUT2D eigenvalue weighted by Crippen LogP contribution is -2.50. The molecular weight excluding hydrogens is 258 g/mol. The number of allylic oxidation sites excluding steroid dienone is 1. The zero-order valence-corrected chi connectivity index (χ0v) is 14.0. The van der Waals surface area contributed by atoms with E-state index in [1.54, 1.807) is 0 Å². The lowest BCUT2D eigenvalue weighted by atomic mass is 9.61. The largest absolute Gasteiger partial charge is 0.508 e. The van der Waals surface area contributed by atoms with Gasteiger partial charge in [0.15, 0.2) is 0 Å². The summed E-state index contributed by atoms with van der Waals surface area (Å²) in [6.45, 7) is 12.1. The lowest BCUT2D eigenvalue weighted by molar-refractivity contribution is 0.211. The van der Waals surface area contributed by atoms with Gasteiger partial charge in [0.1, 0.15) is 5.75 Å². The average Bonchev–Trinajstić information content (AvgIpc) is 2.44. The summed E-state index contributed by atoms with van der Waals surface area (Å²) in [5, 5.41) is 13.6. The Balaban J connectivity index is 2.30. The maximum Gasteiger partial charge on any atom is 0.115 e. The van der Waals surface area contributed by atoms with Gasteiger partial charge in [0.05, 0.1) is 0 Å². The third-order valence-corrected chi connectivity index (χ3v) is 5.38. The van der Waals surface area contributed by atoms with Crippen molar-refractivity contribution in [3.8, 4) is 5.75 Å². The van der Waals surface area contributed by atoms with E-state index < -0.39 is 0 Å². The van der Waals surface area contributed by atoms with Crippen LogP contribution in [0.25, 0.3) is 0 Å². The van der Waals surface area contributed by atoms with Gasteiger partial charge in [0.2, 0.25) is 0 Å². The van der Waals surface area contributed by atoms with Crippen molar-refractivity contribution in [3.05, 3.63) is 41.0 Å². The zero-order valence-electron chi connectivity index (χ0n) is 14.0. The summed E-state index contributed by atoms with van der Waals surface area (Å²) in [7, 11) is 0. The van der Waals surface area contributed by atoms with Gasteiger partial charge in [-0.3, -0.25) is 0 Å². The van der Waals surface area contributed by atoms with E-state index in [2.05, 4.69) is 52.1 Å². The zero-order chi connectivity index (χ0) is 15.6. The minimum Gasteiger partial charge on any atom is -0.508 e. The molecular formula is C19H29NO. The quantitative estimate of drug-likeness (QED) is 0.814. The van der Waals surface area contributed by atoms with Gasteiger partial charge < -0.3 is 10.4 Å². The molecule has 1 aromatic rings. The molecule has 1 unspecified atom stereocenters. The standard InChI is InChI=1S/C19H29NO/c1-6-19(5)14(4)18(20-10-9-13(2)3)11-15-7-8-16(21)12-17(15)19/h7-9,12,14,18,20-21H,6,10-11H2,1-5H3/t14-,18?,19+/m0/s1. The summed E-state index contributed by atoms with van der Waals surface area (Å²) in [4.78, 5) is 0. The minimum absolute atomic E-state index is 0.120. The summed E-state index contributed by atoms with van der Waals surface area (Å²) in [5.74, 6) is 0.930. The molecule has 2 heteroatoms. The van der Waals surface area contributed by atoms with Crippen LogP contribution in [0.3, 0.4) is 0 Å². The first-order chi connectivity index (χ1) is 9.88. The number of hydrogen-bond acceptors (Lipinski definition) is 2. The number of nitrogens with one attached hydrogen (secondary N) is 1. The Morgan fingerprint density at radius 3 is 2.76 bits per heavy atom. The van der Waals surface area contributed by atoms with Crippen molar-refractivity contribution in [1.82, 2.24) is 5.32 Å². The Morgan fingerprint density at radius 2 is 2.14 bits per heavy atom. The second-order valence-corrected chi connectivity index (χ2v) is 6.90. The van der Waals surface area contributed by atoms with Gasteiger partial charge in [-0.1, -0.05) is 38.5 Å². The molecule has 1 aliphatic rings. The first-order valence-electron chi connectivity index (χ1n) is 8.07. The Morgan fingerprint density at radius 1 is 1.43 bits per heavy atom. The highest BCUT2D eigenvalue weighted by Gasteiger charge is 2.41. The van der Waals surface area contributed by atoms with Crippen molar-refractivity contribution in [1.29, 1.82) is 0 Å². The van der Waals surface area contributed by atoms with E-state index in [9.17, 15) is 5.11 Å². The summed E-state index contributed by atoms with van der Waals surface area (Å²) in [5.41, 5.74) is 4.19. The molecule has 0 aliphatic heterocycles. The molecule has 0 radical (unpaired) electrons. The summed E-state index contributed by atoms with van der Waals surface area (Å²) >= 11 is 0. The molecule has 1 aliphatic carbocycles. The normalized spacial score (nSPS) is 28.0. The van der Waals surface area contributed by atoms with Gasteiger partial charge in [0.25, 0.3) is 0 Å². The first kappa shape index (κ1) is 16.1. The Hall–Kier alpha value is -1.28. The van der Waals surface area contributed by atoms with Crippen molar-refractivity contribution in [2.24, 2.45) is 5.92 Å². The van der Waals surface area contributed by atoms with E-state index in [0.717, 1.165) is 19.4 Å². The van der Waals surface area contributed by atoms with Crippen LogP contribution < -0.4 is 5.32 Å². The monoisotopic (exact) mass is 287 g/mol. The molecule has 0 fully saturated rings. The van der Waals surface area contributed by atoms with Gasteiger partial charge in [-0.05, 0) is 61.3 Å². The fraction of sp³-hybridized carbons (Fsp3) is 0.579. The third-order valence-electron chi connectivity index (χ3n) is 5.38. The van der Waals surface area contributed by atoms with E-state index in [-0.39, 0.29) is 5.41 Å². The molecule has 2 N–H and O–H groups in total. The molecule has 3 atom stereocenters. The molecule has 2 rings (SSSR count). The van der Waals surface area contributed by atoms with Gasteiger partial charge in [-0.2, -0.15) is 0 Å². The summed E-state index contributed by atoms with van der Waals surface area (Å²) < 4.78 is 0. The molecule has 0 aromatic heterocycles. The van der Waals surface area contributed by atoms with Crippen LogP contribution in [0.1, 0.15) is 52.2 Å². The summed E-state index contributed by atoms with van der Waals surface area (Å²) in [6, 6.07) is 6.38. The molecule has 116 valence electrons. The van der Waals surface area contributed by atoms with E-state index in [1.165, 1.54) is 16.7 Å². The number of hydrogen-bond donors (Lipinski definition) is 2. The Kier molecular flexibility index (Phi) is 4.77. The SMILES string of the molecule is CC[C@@]1(C)c2cc(O)ccc2CC(NCC=C(C)C)[C@@H]1C. The van der Waals surface area contributed by atoms with Crippen molar-refractivity contribution in [2.45, 2.75) is 58.9 Å². The number of phenolic OH excluding ortho intramolecular Hbond substituents is 1. The van der Waals surface area contributed by atoms with Gasteiger partial charge in [-0.25, -0.2) is 0 Å². The van der Waals surface area contributed by atoms with Crippen LogP contribution in [-0.2, 0) is 11.8 Å². The maximum absolute atomic E-state index is 9.85. The fourth-order valence-corrected chi connectivity index (χ4v) is 3.55. The molecule has 0 spiro atoms. The third kappa shape index (κ3) is 3.16. The first-order valence-corrected chi connectivity index (χ1v) is 8.07. The van der Waals surface area contributed by atoms with Crippen LogP contribution >= 0.6 is 0 Å². The molecule has 0 saturated carbocycles. The fourth-order valence-electron chi connectivity index (χ4n) is 3.55. The van der Waals surface area contributed by atoms with Crippen molar-refractivity contribution in [3.63, 3.8) is 0 Å². The molecule has 2 nitrogen and oxygen atoms in total. The van der Waals surface area contributed by atoms with Crippen molar-refractivity contribution >= 4 is 0 Å². The number of rotatable bonds is 4. The Labute approximate surface area is 129 Å². The molecule has 1 aromatic carbocycles. The summed E-state index contributed by atoms with van der Waals surface area (Å²) in [6.07, 6.45) is 4.39. The van der Waals surface area contributed by atoms with Crippen molar-refractivity contribution in [2.75, 3.05) is 6.54 Å². The predicted molar refractivity (Wildman–Crippen MR) is 89.8 cm³/mol. The number of aromatic hydroxyl groups is 1. The number of benzene rings is 1. The van der Waals surface area contributed by atoms with Gasteiger partial charge in [0, 0.05) is 12.6 Å². The number of phenols is 1. The van der Waals surface area contributed by atoms with E-state index >= 15 is 0 Å². The highest BCUT2D eigenvalue weighted by Crippen LogP contribution is 2.44. The predicted octanol–water partition coefficient (Wildman–Crippen LogP) is 4.18. The van der Waals surface area contributed by atoms with Crippen LogP contribution in [0.4, 0.5) is 0 Å². The van der Waals surface area contributed by atoms with Gasteiger partial charge >= 0.3 is 0 Å². The van der Waals surface area contributed by atoms with Gasteiger partial charge in [-0.15, -0.1) is 0 Å². The minimum atomic E-state index is 0.120. The van der Waals surface area contributed by atoms with Crippen molar-refractivity contribution < 1.29 is 5.11 Å². The average molecular weight is 287 g/mol. The van der Waals surface area contributed by atoms with Crippen LogP contribution in [-0.4, -0.2) is 17.7 Å². The van der Waals surface area contributed by atoms with Crippen LogP contribution in [0, 0.1) is 5.92 Å². The van der Waals surface area contributed by atoms with Crippen LogP contribution in [0.15, 0.2) is 29.8 Å². The molecule has 0 amide bonds. The molecule has 0 bridgehead atoms. The number of fused-ring (bicyclic) bond motifs is 1. The lowest BCUT2D eigenvalue weighted by Gasteiger charge is -2.46. The highest BCUT2D eigenvalue weighted by atomic mass is 16.3.